The molecule has 0 radical (unpaired) electrons. The van der Waals surface area contributed by atoms with Gasteiger partial charge in [0.15, 0.2) is 0 Å². The number of nitrogens with zero attached hydrogens (tertiary/aromatic N) is 2. The van der Waals surface area contributed by atoms with Gasteiger partial charge in [-0.1, -0.05) is 0 Å². The third-order valence-electron chi connectivity index (χ3n) is 4.45. The lowest BCUT2D eigenvalue weighted by atomic mass is 9.90. The first-order valence-electron chi connectivity index (χ1n) is 8.45. The van der Waals surface area contributed by atoms with Gasteiger partial charge in [0, 0.05) is 39.1 Å². The molecule has 1 unspecified atom stereocenters. The molecule has 2 rings (SSSR count). The van der Waals surface area contributed by atoms with Crippen molar-refractivity contribution in [2.45, 2.75) is 39.2 Å². The molecule has 1 N–H and O–H groups in total. The van der Waals surface area contributed by atoms with Crippen LogP contribution in [0.2, 0.25) is 0 Å². The minimum Gasteiger partial charge on any atom is -0.376 e. The first-order valence-corrected chi connectivity index (χ1v) is 8.45. The second-order valence-electron chi connectivity index (χ2n) is 6.80. The fourth-order valence-electron chi connectivity index (χ4n) is 2.75. The SMILES string of the molecule is CN(CCc1ccncc1)C(=O)C(C)(C)C(=O)NCC1CCCO1. The Morgan fingerprint density at radius 3 is 2.71 bits per heavy atom. The molecule has 0 aliphatic carbocycles. The summed E-state index contributed by atoms with van der Waals surface area (Å²) in [5.41, 5.74) is 0.0243. The number of nitrogens with one attached hydrogen (secondary N) is 1. The molecule has 1 aliphatic heterocycles. The van der Waals surface area contributed by atoms with Crippen LogP contribution in [0.25, 0.3) is 0 Å². The summed E-state index contributed by atoms with van der Waals surface area (Å²) in [6, 6.07) is 3.86. The lowest BCUT2D eigenvalue weighted by Gasteiger charge is -2.29. The normalized spacial score (nSPS) is 17.5. The number of carbonyl (C=O) groups is 2. The predicted octanol–water partition coefficient (Wildman–Crippen LogP) is 1.40. The van der Waals surface area contributed by atoms with E-state index in [2.05, 4.69) is 10.3 Å². The van der Waals surface area contributed by atoms with Gasteiger partial charge in [0.2, 0.25) is 11.8 Å². The number of carbonyl (C=O) groups excluding carboxylic acids is 2. The molecule has 0 saturated carbocycles. The Hall–Kier alpha value is -1.95. The van der Waals surface area contributed by atoms with E-state index in [1.54, 1.807) is 38.2 Å². The van der Waals surface area contributed by atoms with Gasteiger partial charge >= 0.3 is 0 Å². The number of hydrogen-bond donors (Lipinski definition) is 1. The molecule has 132 valence electrons. The molecule has 1 aliphatic rings. The zero-order chi connectivity index (χ0) is 17.6. The van der Waals surface area contributed by atoms with Crippen LogP contribution < -0.4 is 5.32 Å². The highest BCUT2D eigenvalue weighted by atomic mass is 16.5. The van der Waals surface area contributed by atoms with Gasteiger partial charge < -0.3 is 15.0 Å². The molecule has 1 aromatic heterocycles. The molecule has 1 aromatic rings. The van der Waals surface area contributed by atoms with Crippen molar-refractivity contribution in [2.24, 2.45) is 5.41 Å². The largest absolute Gasteiger partial charge is 0.376 e. The number of hydrogen-bond acceptors (Lipinski definition) is 4. The van der Waals surface area contributed by atoms with Crippen molar-refractivity contribution in [3.05, 3.63) is 30.1 Å². The van der Waals surface area contributed by atoms with E-state index in [4.69, 9.17) is 4.74 Å². The van der Waals surface area contributed by atoms with Crippen molar-refractivity contribution in [1.29, 1.82) is 0 Å². The number of amides is 2. The Kier molecular flexibility index (Phi) is 6.31. The minimum absolute atomic E-state index is 0.0734. The van der Waals surface area contributed by atoms with Crippen LogP contribution in [0, 0.1) is 5.41 Å². The first-order chi connectivity index (χ1) is 11.4. The van der Waals surface area contributed by atoms with E-state index >= 15 is 0 Å². The Morgan fingerprint density at radius 2 is 2.08 bits per heavy atom. The van der Waals surface area contributed by atoms with Gasteiger partial charge in [0.25, 0.3) is 0 Å². The summed E-state index contributed by atoms with van der Waals surface area (Å²) < 4.78 is 5.50. The molecule has 2 amide bonds. The van der Waals surface area contributed by atoms with E-state index < -0.39 is 5.41 Å². The topological polar surface area (TPSA) is 71.5 Å². The molecule has 1 atom stereocenters. The Labute approximate surface area is 143 Å². The van der Waals surface area contributed by atoms with Crippen LogP contribution in [0.5, 0.6) is 0 Å². The van der Waals surface area contributed by atoms with E-state index in [0.717, 1.165) is 31.4 Å². The van der Waals surface area contributed by atoms with Gasteiger partial charge in [-0.2, -0.15) is 0 Å². The third kappa shape index (κ3) is 4.77. The smallest absolute Gasteiger partial charge is 0.237 e. The van der Waals surface area contributed by atoms with Crippen LogP contribution in [-0.4, -0.2) is 54.5 Å². The summed E-state index contributed by atoms with van der Waals surface area (Å²) in [6.45, 7) is 5.12. The maximum atomic E-state index is 12.6. The van der Waals surface area contributed by atoms with Gasteiger partial charge in [-0.25, -0.2) is 0 Å². The van der Waals surface area contributed by atoms with E-state index in [9.17, 15) is 9.59 Å². The molecule has 0 spiro atoms. The minimum atomic E-state index is -1.09. The molecule has 1 fully saturated rings. The Morgan fingerprint density at radius 1 is 1.38 bits per heavy atom. The summed E-state index contributed by atoms with van der Waals surface area (Å²) >= 11 is 0. The first kappa shape index (κ1) is 18.4. The molecule has 2 heterocycles. The Bertz CT molecular complexity index is 554. The van der Waals surface area contributed by atoms with Crippen molar-refractivity contribution in [1.82, 2.24) is 15.2 Å². The quantitative estimate of drug-likeness (QED) is 0.766. The molecule has 1 saturated heterocycles. The summed E-state index contributed by atoms with van der Waals surface area (Å²) in [4.78, 5) is 30.7. The molecular weight excluding hydrogens is 306 g/mol. The highest BCUT2D eigenvalue weighted by Gasteiger charge is 2.38. The molecular formula is C18H27N3O3. The highest BCUT2D eigenvalue weighted by Crippen LogP contribution is 2.19. The van der Waals surface area contributed by atoms with Gasteiger partial charge in [-0.05, 0) is 50.8 Å². The summed E-state index contributed by atoms with van der Waals surface area (Å²) in [7, 11) is 1.73. The molecule has 6 nitrogen and oxygen atoms in total. The monoisotopic (exact) mass is 333 g/mol. The van der Waals surface area contributed by atoms with Crippen LogP contribution in [0.3, 0.4) is 0 Å². The maximum Gasteiger partial charge on any atom is 0.237 e. The van der Waals surface area contributed by atoms with E-state index in [1.165, 1.54) is 0 Å². The van der Waals surface area contributed by atoms with Crippen LogP contribution in [0.1, 0.15) is 32.3 Å². The van der Waals surface area contributed by atoms with Crippen molar-refractivity contribution >= 4 is 11.8 Å². The number of aromatic nitrogens is 1. The number of pyridine rings is 1. The van der Waals surface area contributed by atoms with Gasteiger partial charge in [-0.15, -0.1) is 0 Å². The average Bonchev–Trinajstić information content (AvgIpc) is 3.11. The lowest BCUT2D eigenvalue weighted by Crippen LogP contribution is -2.50. The second-order valence-corrected chi connectivity index (χ2v) is 6.80. The molecule has 24 heavy (non-hydrogen) atoms. The number of likely N-dealkylation sites (N-methyl/N-ethyl adjacent to an activating group) is 1. The average molecular weight is 333 g/mol. The zero-order valence-corrected chi connectivity index (χ0v) is 14.7. The zero-order valence-electron chi connectivity index (χ0n) is 14.7. The molecule has 0 aromatic carbocycles. The second kappa shape index (κ2) is 8.24. The predicted molar refractivity (Wildman–Crippen MR) is 91.3 cm³/mol. The lowest BCUT2D eigenvalue weighted by molar-refractivity contribution is -0.147. The molecule has 6 heteroatoms. The number of ether oxygens (including phenoxy) is 1. The van der Waals surface area contributed by atoms with Crippen molar-refractivity contribution < 1.29 is 14.3 Å². The number of rotatable bonds is 7. The van der Waals surface area contributed by atoms with E-state index in [-0.39, 0.29) is 17.9 Å². The summed E-state index contributed by atoms with van der Waals surface area (Å²) in [5.74, 6) is -0.430. The van der Waals surface area contributed by atoms with Crippen LogP contribution in [-0.2, 0) is 20.7 Å². The van der Waals surface area contributed by atoms with Gasteiger partial charge in [-0.3, -0.25) is 14.6 Å². The fraction of sp³-hybridized carbons (Fsp3) is 0.611. The Balaban J connectivity index is 1.84. The van der Waals surface area contributed by atoms with Crippen LogP contribution in [0.4, 0.5) is 0 Å². The fourth-order valence-corrected chi connectivity index (χ4v) is 2.75. The van der Waals surface area contributed by atoms with E-state index in [1.807, 2.05) is 12.1 Å². The van der Waals surface area contributed by atoms with Crippen molar-refractivity contribution in [3.63, 3.8) is 0 Å². The maximum absolute atomic E-state index is 12.6. The van der Waals surface area contributed by atoms with Crippen LogP contribution in [0.15, 0.2) is 24.5 Å². The van der Waals surface area contributed by atoms with Crippen molar-refractivity contribution in [3.8, 4) is 0 Å². The molecule has 0 bridgehead atoms. The summed E-state index contributed by atoms with van der Waals surface area (Å²) in [5, 5.41) is 2.85. The summed E-state index contributed by atoms with van der Waals surface area (Å²) in [6.07, 6.45) is 6.27. The van der Waals surface area contributed by atoms with Gasteiger partial charge in [0.1, 0.15) is 5.41 Å². The van der Waals surface area contributed by atoms with Crippen molar-refractivity contribution in [2.75, 3.05) is 26.7 Å². The van der Waals surface area contributed by atoms with Gasteiger partial charge in [0.05, 0.1) is 6.10 Å². The highest BCUT2D eigenvalue weighted by molar-refractivity contribution is 6.04. The standard InChI is InChI=1S/C18H27N3O3/c1-18(2,16(22)20-13-15-5-4-12-24-15)17(23)21(3)11-8-14-6-9-19-10-7-14/h6-7,9-10,15H,4-5,8,11-13H2,1-3H3,(H,20,22). The third-order valence-corrected chi connectivity index (χ3v) is 4.45. The van der Waals surface area contributed by atoms with Crippen LogP contribution >= 0.6 is 0 Å². The van der Waals surface area contributed by atoms with E-state index in [0.29, 0.717) is 13.1 Å².